The molecule has 0 aliphatic carbocycles. The minimum atomic E-state index is -3.35. The highest BCUT2D eigenvalue weighted by Crippen LogP contribution is 2.11. The SMILES string of the molecule is CCCCS(=O)(=O)NCC(=O)NCCc1ccc(OC)cc1. The summed E-state index contributed by atoms with van der Waals surface area (Å²) < 4.78 is 30.5. The highest BCUT2D eigenvalue weighted by Gasteiger charge is 2.11. The van der Waals surface area contributed by atoms with E-state index in [0.717, 1.165) is 17.7 Å². The van der Waals surface area contributed by atoms with Gasteiger partial charge in [0, 0.05) is 6.54 Å². The molecule has 0 fully saturated rings. The number of benzene rings is 1. The van der Waals surface area contributed by atoms with Gasteiger partial charge >= 0.3 is 0 Å². The first kappa shape index (κ1) is 18.4. The number of nitrogens with one attached hydrogen (secondary N) is 2. The number of unbranched alkanes of at least 4 members (excludes halogenated alkanes) is 1. The minimum absolute atomic E-state index is 0.0582. The van der Waals surface area contributed by atoms with Crippen molar-refractivity contribution in [3.8, 4) is 5.75 Å². The summed E-state index contributed by atoms with van der Waals surface area (Å²) in [6, 6.07) is 7.58. The number of hydrogen-bond acceptors (Lipinski definition) is 4. The Bertz CT molecular complexity index is 555. The zero-order valence-electron chi connectivity index (χ0n) is 13.1. The molecule has 124 valence electrons. The molecule has 2 N–H and O–H groups in total. The van der Waals surface area contributed by atoms with Gasteiger partial charge in [-0.1, -0.05) is 25.5 Å². The first-order valence-electron chi connectivity index (χ1n) is 7.34. The molecular formula is C15H24N2O4S. The summed E-state index contributed by atoms with van der Waals surface area (Å²) in [5.74, 6) is 0.519. The van der Waals surface area contributed by atoms with Crippen LogP contribution in [0.15, 0.2) is 24.3 Å². The van der Waals surface area contributed by atoms with E-state index in [1.54, 1.807) is 7.11 Å². The zero-order valence-corrected chi connectivity index (χ0v) is 13.9. The van der Waals surface area contributed by atoms with Crippen LogP contribution in [0, 0.1) is 0 Å². The second-order valence-corrected chi connectivity index (χ2v) is 6.87. The topological polar surface area (TPSA) is 84.5 Å². The van der Waals surface area contributed by atoms with Crippen molar-refractivity contribution < 1.29 is 17.9 Å². The summed E-state index contributed by atoms with van der Waals surface area (Å²) in [7, 11) is -1.74. The van der Waals surface area contributed by atoms with E-state index >= 15 is 0 Å². The number of carbonyl (C=O) groups is 1. The highest BCUT2D eigenvalue weighted by atomic mass is 32.2. The van der Waals surface area contributed by atoms with Crippen LogP contribution in [0.2, 0.25) is 0 Å². The summed E-state index contributed by atoms with van der Waals surface area (Å²) in [5.41, 5.74) is 1.07. The lowest BCUT2D eigenvalue weighted by molar-refractivity contribution is -0.119. The second-order valence-electron chi connectivity index (χ2n) is 4.94. The van der Waals surface area contributed by atoms with Crippen LogP contribution >= 0.6 is 0 Å². The predicted octanol–water partition coefficient (Wildman–Crippen LogP) is 1.07. The van der Waals surface area contributed by atoms with E-state index in [-0.39, 0.29) is 18.2 Å². The molecule has 0 saturated carbocycles. The highest BCUT2D eigenvalue weighted by molar-refractivity contribution is 7.89. The molecule has 6 nitrogen and oxygen atoms in total. The fraction of sp³-hybridized carbons (Fsp3) is 0.533. The molecule has 0 radical (unpaired) electrons. The number of methoxy groups -OCH3 is 1. The quantitative estimate of drug-likeness (QED) is 0.673. The third-order valence-electron chi connectivity index (χ3n) is 3.11. The van der Waals surface area contributed by atoms with Crippen molar-refractivity contribution in [1.82, 2.24) is 10.0 Å². The first-order valence-corrected chi connectivity index (χ1v) is 8.99. The number of hydrogen-bond donors (Lipinski definition) is 2. The van der Waals surface area contributed by atoms with Gasteiger partial charge in [-0.3, -0.25) is 4.79 Å². The molecule has 0 aromatic heterocycles. The van der Waals surface area contributed by atoms with Crippen molar-refractivity contribution in [3.63, 3.8) is 0 Å². The Hall–Kier alpha value is -1.60. The zero-order chi connectivity index (χ0) is 16.4. The fourth-order valence-electron chi connectivity index (χ4n) is 1.78. The lowest BCUT2D eigenvalue weighted by atomic mass is 10.1. The van der Waals surface area contributed by atoms with Gasteiger partial charge in [0.1, 0.15) is 5.75 Å². The summed E-state index contributed by atoms with van der Waals surface area (Å²) in [6.07, 6.45) is 2.07. The Balaban J connectivity index is 2.25. The second kappa shape index (κ2) is 9.42. The maximum absolute atomic E-state index is 11.6. The van der Waals surface area contributed by atoms with Crippen LogP contribution in [0.4, 0.5) is 0 Å². The molecule has 22 heavy (non-hydrogen) atoms. The average Bonchev–Trinajstić information content (AvgIpc) is 2.52. The standard InChI is InChI=1S/C15H24N2O4S/c1-3-4-11-22(19,20)17-12-15(18)16-10-9-13-5-7-14(21-2)8-6-13/h5-8,17H,3-4,9-12H2,1-2H3,(H,16,18). The van der Waals surface area contributed by atoms with Crippen LogP contribution in [-0.2, 0) is 21.2 Å². The van der Waals surface area contributed by atoms with Gasteiger partial charge in [-0.25, -0.2) is 13.1 Å². The van der Waals surface area contributed by atoms with Crippen molar-refractivity contribution >= 4 is 15.9 Å². The Labute approximate surface area is 132 Å². The molecule has 0 bridgehead atoms. The molecular weight excluding hydrogens is 304 g/mol. The molecule has 0 atom stereocenters. The van der Waals surface area contributed by atoms with Crippen molar-refractivity contribution in [2.75, 3.05) is 26.0 Å². The minimum Gasteiger partial charge on any atom is -0.497 e. The Morgan fingerprint density at radius 2 is 1.91 bits per heavy atom. The van der Waals surface area contributed by atoms with E-state index in [1.165, 1.54) is 0 Å². The van der Waals surface area contributed by atoms with Crippen LogP contribution in [0.25, 0.3) is 0 Å². The summed E-state index contributed by atoms with van der Waals surface area (Å²) in [5, 5.41) is 2.69. The third-order valence-corrected chi connectivity index (χ3v) is 4.52. The van der Waals surface area contributed by atoms with Crippen LogP contribution < -0.4 is 14.8 Å². The number of carbonyl (C=O) groups excluding carboxylic acids is 1. The van der Waals surface area contributed by atoms with Gasteiger partial charge in [0.15, 0.2) is 0 Å². The van der Waals surface area contributed by atoms with E-state index in [4.69, 9.17) is 4.74 Å². The lowest BCUT2D eigenvalue weighted by Crippen LogP contribution is -2.38. The normalized spacial score (nSPS) is 11.2. The Morgan fingerprint density at radius 3 is 2.50 bits per heavy atom. The molecule has 1 amide bonds. The summed E-state index contributed by atoms with van der Waals surface area (Å²) in [4.78, 5) is 11.6. The maximum Gasteiger partial charge on any atom is 0.235 e. The van der Waals surface area contributed by atoms with Gasteiger partial charge in [0.2, 0.25) is 15.9 Å². The number of ether oxygens (including phenoxy) is 1. The van der Waals surface area contributed by atoms with Crippen molar-refractivity contribution in [2.24, 2.45) is 0 Å². The smallest absolute Gasteiger partial charge is 0.235 e. The molecule has 0 saturated heterocycles. The molecule has 1 aromatic carbocycles. The fourth-order valence-corrected chi connectivity index (χ4v) is 2.95. The van der Waals surface area contributed by atoms with Gasteiger partial charge in [-0.15, -0.1) is 0 Å². The van der Waals surface area contributed by atoms with Gasteiger partial charge in [0.25, 0.3) is 0 Å². The van der Waals surface area contributed by atoms with E-state index in [1.807, 2.05) is 31.2 Å². The van der Waals surface area contributed by atoms with E-state index in [2.05, 4.69) is 10.0 Å². The van der Waals surface area contributed by atoms with Crippen molar-refractivity contribution in [2.45, 2.75) is 26.2 Å². The van der Waals surface area contributed by atoms with E-state index in [9.17, 15) is 13.2 Å². The van der Waals surface area contributed by atoms with Crippen molar-refractivity contribution in [3.05, 3.63) is 29.8 Å². The van der Waals surface area contributed by atoms with Gasteiger partial charge < -0.3 is 10.1 Å². The van der Waals surface area contributed by atoms with E-state index in [0.29, 0.717) is 19.4 Å². The molecule has 0 spiro atoms. The molecule has 0 aliphatic heterocycles. The van der Waals surface area contributed by atoms with Gasteiger partial charge in [-0.05, 0) is 30.5 Å². The Morgan fingerprint density at radius 1 is 1.23 bits per heavy atom. The monoisotopic (exact) mass is 328 g/mol. The molecule has 0 heterocycles. The summed E-state index contributed by atoms with van der Waals surface area (Å²) >= 11 is 0. The Kier molecular flexibility index (Phi) is 7.90. The van der Waals surface area contributed by atoms with Crippen LogP contribution in [0.3, 0.4) is 0 Å². The molecule has 0 unspecified atom stereocenters. The van der Waals surface area contributed by atoms with Crippen LogP contribution in [-0.4, -0.2) is 40.3 Å². The summed E-state index contributed by atoms with van der Waals surface area (Å²) in [6.45, 7) is 2.16. The van der Waals surface area contributed by atoms with Gasteiger partial charge in [-0.2, -0.15) is 0 Å². The number of sulfonamides is 1. The number of amides is 1. The molecule has 0 aliphatic rings. The van der Waals surface area contributed by atoms with Gasteiger partial charge in [0.05, 0.1) is 19.4 Å². The van der Waals surface area contributed by atoms with Crippen LogP contribution in [0.5, 0.6) is 5.75 Å². The first-order chi connectivity index (χ1) is 10.5. The van der Waals surface area contributed by atoms with E-state index < -0.39 is 10.0 Å². The molecule has 1 aromatic rings. The van der Waals surface area contributed by atoms with Crippen molar-refractivity contribution in [1.29, 1.82) is 0 Å². The average molecular weight is 328 g/mol. The predicted molar refractivity (Wildman–Crippen MR) is 86.4 cm³/mol. The largest absolute Gasteiger partial charge is 0.497 e. The maximum atomic E-state index is 11.6. The molecule has 1 rings (SSSR count). The van der Waals surface area contributed by atoms with Crippen LogP contribution in [0.1, 0.15) is 25.3 Å². The third kappa shape index (κ3) is 7.42. The molecule has 7 heteroatoms. The number of rotatable bonds is 10. The lowest BCUT2D eigenvalue weighted by Gasteiger charge is -2.08.